The second kappa shape index (κ2) is 7.41. The molecule has 0 aliphatic carbocycles. The van der Waals surface area contributed by atoms with E-state index >= 15 is 0 Å². The van der Waals surface area contributed by atoms with Crippen molar-refractivity contribution >= 4 is 16.8 Å². The molecule has 0 unspecified atom stereocenters. The lowest BCUT2D eigenvalue weighted by Crippen LogP contribution is -2.38. The number of carbonyl (C=O) groups is 1. The topological polar surface area (TPSA) is 53.9 Å². The average Bonchev–Trinajstić information content (AvgIpc) is 3.23. The van der Waals surface area contributed by atoms with Crippen LogP contribution in [0.5, 0.6) is 0 Å². The Labute approximate surface area is 164 Å². The maximum absolute atomic E-state index is 13.4. The molecule has 1 amide bonds. The van der Waals surface area contributed by atoms with Crippen LogP contribution in [0, 0.1) is 11.7 Å². The van der Waals surface area contributed by atoms with Gasteiger partial charge in [-0.05, 0) is 60.9 Å². The van der Waals surface area contributed by atoms with Crippen LogP contribution in [-0.2, 0) is 13.5 Å². The van der Waals surface area contributed by atoms with Crippen LogP contribution in [0.4, 0.5) is 4.39 Å². The average molecular weight is 382 g/mol. The minimum Gasteiger partial charge on any atom is -0.361 e. The first-order chi connectivity index (χ1) is 13.4. The lowest BCUT2D eigenvalue weighted by atomic mass is 9.89. The molecule has 28 heavy (non-hydrogen) atoms. The molecular formula is C22H27FN4O. The van der Waals surface area contributed by atoms with E-state index in [-0.39, 0.29) is 11.7 Å². The maximum Gasteiger partial charge on any atom is 0.272 e. The third kappa shape index (κ3) is 3.55. The van der Waals surface area contributed by atoms with Crippen LogP contribution < -0.4 is 0 Å². The Morgan fingerprint density at radius 1 is 1.29 bits per heavy atom. The summed E-state index contributed by atoms with van der Waals surface area (Å²) in [7, 11) is 1.84. The zero-order valence-corrected chi connectivity index (χ0v) is 16.7. The third-order valence-electron chi connectivity index (χ3n) is 5.66. The summed E-state index contributed by atoms with van der Waals surface area (Å²) >= 11 is 0. The van der Waals surface area contributed by atoms with Crippen LogP contribution in [0.1, 0.15) is 54.4 Å². The van der Waals surface area contributed by atoms with Gasteiger partial charge in [-0.2, -0.15) is 5.10 Å². The van der Waals surface area contributed by atoms with Gasteiger partial charge in [0, 0.05) is 37.2 Å². The molecule has 0 spiro atoms. The van der Waals surface area contributed by atoms with Crippen molar-refractivity contribution in [3.63, 3.8) is 0 Å². The second-order valence-corrected chi connectivity index (χ2v) is 8.24. The largest absolute Gasteiger partial charge is 0.361 e. The molecule has 2 aromatic heterocycles. The molecule has 1 fully saturated rings. The first kappa shape index (κ1) is 18.7. The van der Waals surface area contributed by atoms with Crippen molar-refractivity contribution in [2.24, 2.45) is 13.0 Å². The summed E-state index contributed by atoms with van der Waals surface area (Å²) in [6, 6.07) is 6.83. The van der Waals surface area contributed by atoms with E-state index in [2.05, 4.69) is 23.9 Å². The van der Waals surface area contributed by atoms with Crippen molar-refractivity contribution in [3.05, 3.63) is 53.2 Å². The summed E-state index contributed by atoms with van der Waals surface area (Å²) in [4.78, 5) is 18.1. The number of amides is 1. The highest BCUT2D eigenvalue weighted by atomic mass is 19.1. The molecule has 3 aromatic rings. The molecule has 4 rings (SSSR count). The minimum absolute atomic E-state index is 0.0597. The third-order valence-corrected chi connectivity index (χ3v) is 5.66. The van der Waals surface area contributed by atoms with E-state index in [1.807, 2.05) is 30.3 Å². The number of nitrogens with one attached hydrogen (secondary N) is 1. The van der Waals surface area contributed by atoms with Gasteiger partial charge in [-0.15, -0.1) is 0 Å². The SMILES string of the molecule is CC(C)Cc1cc(C(=O)N2CCC(c3c[nH]c4cc(F)ccc34)CC2)n(C)n1. The zero-order chi connectivity index (χ0) is 19.8. The lowest BCUT2D eigenvalue weighted by molar-refractivity contribution is 0.0702. The highest BCUT2D eigenvalue weighted by Crippen LogP contribution is 2.33. The number of aryl methyl sites for hydroxylation is 1. The molecule has 0 radical (unpaired) electrons. The molecule has 1 N–H and O–H groups in total. The van der Waals surface area contributed by atoms with E-state index < -0.39 is 0 Å². The fourth-order valence-corrected chi connectivity index (χ4v) is 4.26. The number of hydrogen-bond acceptors (Lipinski definition) is 2. The van der Waals surface area contributed by atoms with Gasteiger partial charge in [0.05, 0.1) is 5.69 Å². The first-order valence-corrected chi connectivity index (χ1v) is 10.0. The van der Waals surface area contributed by atoms with E-state index in [1.165, 1.54) is 17.7 Å². The van der Waals surface area contributed by atoms with E-state index in [0.29, 0.717) is 17.5 Å². The van der Waals surface area contributed by atoms with Crippen molar-refractivity contribution in [1.29, 1.82) is 0 Å². The van der Waals surface area contributed by atoms with Crippen molar-refractivity contribution < 1.29 is 9.18 Å². The van der Waals surface area contributed by atoms with Crippen LogP contribution in [-0.4, -0.2) is 38.7 Å². The molecule has 148 valence electrons. The number of benzene rings is 1. The molecule has 0 bridgehead atoms. The zero-order valence-electron chi connectivity index (χ0n) is 16.7. The predicted molar refractivity (Wildman–Crippen MR) is 108 cm³/mol. The second-order valence-electron chi connectivity index (χ2n) is 8.24. The Morgan fingerprint density at radius 2 is 2.04 bits per heavy atom. The van der Waals surface area contributed by atoms with E-state index in [0.717, 1.165) is 48.9 Å². The van der Waals surface area contributed by atoms with Crippen molar-refractivity contribution in [3.8, 4) is 0 Å². The van der Waals surface area contributed by atoms with Crippen LogP contribution >= 0.6 is 0 Å². The molecule has 0 saturated carbocycles. The fourth-order valence-electron chi connectivity index (χ4n) is 4.26. The van der Waals surface area contributed by atoms with Crippen LogP contribution in [0.25, 0.3) is 10.9 Å². The molecule has 5 nitrogen and oxygen atoms in total. The molecular weight excluding hydrogens is 355 g/mol. The van der Waals surface area contributed by atoms with Gasteiger partial charge in [0.1, 0.15) is 11.5 Å². The number of carbonyl (C=O) groups excluding carboxylic acids is 1. The Bertz CT molecular complexity index is 995. The monoisotopic (exact) mass is 382 g/mol. The van der Waals surface area contributed by atoms with Gasteiger partial charge in [0.25, 0.3) is 5.91 Å². The molecule has 1 aromatic carbocycles. The fraction of sp³-hybridized carbons (Fsp3) is 0.455. The van der Waals surface area contributed by atoms with E-state index in [1.54, 1.807) is 4.68 Å². The standard InChI is InChI=1S/C22H27FN4O/c1-14(2)10-17-12-21(26(3)25-17)22(28)27-8-6-15(7-9-27)19-13-24-20-11-16(23)4-5-18(19)20/h4-5,11-15,24H,6-10H2,1-3H3. The smallest absolute Gasteiger partial charge is 0.272 e. The van der Waals surface area contributed by atoms with Gasteiger partial charge >= 0.3 is 0 Å². The predicted octanol–water partition coefficient (Wildman–Crippen LogP) is 4.26. The summed E-state index contributed by atoms with van der Waals surface area (Å²) < 4.78 is 15.1. The number of aromatic nitrogens is 3. The molecule has 1 aliphatic rings. The number of fused-ring (bicyclic) bond motifs is 1. The number of H-pyrrole nitrogens is 1. The van der Waals surface area contributed by atoms with Gasteiger partial charge in [0.15, 0.2) is 0 Å². The van der Waals surface area contributed by atoms with Gasteiger partial charge in [-0.3, -0.25) is 9.48 Å². The highest BCUT2D eigenvalue weighted by molar-refractivity contribution is 5.93. The van der Waals surface area contributed by atoms with Crippen LogP contribution in [0.15, 0.2) is 30.5 Å². The van der Waals surface area contributed by atoms with E-state index in [9.17, 15) is 9.18 Å². The number of halogens is 1. The minimum atomic E-state index is -0.227. The number of likely N-dealkylation sites (tertiary alicyclic amines) is 1. The van der Waals surface area contributed by atoms with Crippen molar-refractivity contribution in [2.75, 3.05) is 13.1 Å². The normalized spacial score (nSPS) is 15.7. The van der Waals surface area contributed by atoms with Crippen molar-refractivity contribution in [1.82, 2.24) is 19.7 Å². The van der Waals surface area contributed by atoms with Crippen LogP contribution in [0.2, 0.25) is 0 Å². The van der Waals surface area contributed by atoms with Gasteiger partial charge in [0.2, 0.25) is 0 Å². The summed E-state index contributed by atoms with van der Waals surface area (Å²) in [5.74, 6) is 0.725. The van der Waals surface area contributed by atoms with Gasteiger partial charge in [-0.25, -0.2) is 4.39 Å². The number of hydrogen-bond donors (Lipinski definition) is 1. The summed E-state index contributed by atoms with van der Waals surface area (Å²) in [5.41, 5.74) is 3.70. The molecule has 0 atom stereocenters. The van der Waals surface area contributed by atoms with Crippen LogP contribution in [0.3, 0.4) is 0 Å². The Hall–Kier alpha value is -2.63. The molecule has 6 heteroatoms. The molecule has 1 saturated heterocycles. The Balaban J connectivity index is 1.45. The summed E-state index contributed by atoms with van der Waals surface area (Å²) in [5, 5.41) is 5.58. The van der Waals surface area contributed by atoms with Gasteiger partial charge < -0.3 is 9.88 Å². The summed E-state index contributed by atoms with van der Waals surface area (Å²) in [6.45, 7) is 5.75. The first-order valence-electron chi connectivity index (χ1n) is 10.0. The number of aromatic amines is 1. The lowest BCUT2D eigenvalue weighted by Gasteiger charge is -2.32. The number of piperidine rings is 1. The maximum atomic E-state index is 13.4. The highest BCUT2D eigenvalue weighted by Gasteiger charge is 2.27. The van der Waals surface area contributed by atoms with Crippen molar-refractivity contribution in [2.45, 2.75) is 39.0 Å². The number of nitrogens with zero attached hydrogens (tertiary/aromatic N) is 3. The Kier molecular flexibility index (Phi) is 4.96. The summed E-state index contributed by atoms with van der Waals surface area (Å²) in [6.07, 6.45) is 4.69. The molecule has 1 aliphatic heterocycles. The van der Waals surface area contributed by atoms with Gasteiger partial charge in [-0.1, -0.05) is 13.8 Å². The van der Waals surface area contributed by atoms with E-state index in [4.69, 9.17) is 0 Å². The number of rotatable bonds is 4. The Morgan fingerprint density at radius 3 is 2.75 bits per heavy atom. The quantitative estimate of drug-likeness (QED) is 0.733. The molecule has 3 heterocycles.